The molecule has 1 aliphatic rings. The van der Waals surface area contributed by atoms with Crippen molar-refractivity contribution in [2.45, 2.75) is 5.75 Å². The first-order valence-electron chi connectivity index (χ1n) is 5.70. The van der Waals surface area contributed by atoms with Gasteiger partial charge in [-0.05, 0) is 28.1 Å². The lowest BCUT2D eigenvalue weighted by molar-refractivity contribution is 1.01. The first-order valence-corrected chi connectivity index (χ1v) is 8.47. The maximum absolute atomic E-state index is 12.0. The number of pyridine rings is 1. The summed E-state index contributed by atoms with van der Waals surface area (Å²) in [5.74, 6) is 1.75. The van der Waals surface area contributed by atoms with Crippen LogP contribution in [0.2, 0.25) is 0 Å². The molecule has 0 fully saturated rings. The fraction of sp³-hybridized carbons (Fsp3) is 0.250. The second-order valence-electron chi connectivity index (χ2n) is 3.95. The van der Waals surface area contributed by atoms with Gasteiger partial charge in [0.1, 0.15) is 10.0 Å². The average molecular weight is 356 g/mol. The molecule has 0 saturated carbocycles. The van der Waals surface area contributed by atoms with Gasteiger partial charge in [0, 0.05) is 28.2 Å². The zero-order chi connectivity index (χ0) is 13.2. The summed E-state index contributed by atoms with van der Waals surface area (Å²) in [6.07, 6.45) is 1.73. The average Bonchev–Trinajstić information content (AvgIpc) is 2.90. The van der Waals surface area contributed by atoms with Gasteiger partial charge < -0.3 is 0 Å². The predicted molar refractivity (Wildman–Crippen MR) is 85.2 cm³/mol. The van der Waals surface area contributed by atoms with Gasteiger partial charge in [-0.2, -0.15) is 0 Å². The molecule has 0 radical (unpaired) electrons. The number of hydrogen-bond donors (Lipinski definition) is 0. The number of nitrogens with zero attached hydrogens (tertiary/aromatic N) is 3. The summed E-state index contributed by atoms with van der Waals surface area (Å²) in [5.41, 5.74) is 1.42. The monoisotopic (exact) mass is 355 g/mol. The number of thioether (sulfide) groups is 2. The Morgan fingerprint density at radius 3 is 3.16 bits per heavy atom. The van der Waals surface area contributed by atoms with Crippen LogP contribution in [0.15, 0.2) is 38.7 Å². The lowest BCUT2D eigenvalue weighted by Crippen LogP contribution is -2.15. The fourth-order valence-corrected chi connectivity index (χ4v) is 3.98. The summed E-state index contributed by atoms with van der Waals surface area (Å²) in [6, 6.07) is 5.31. The number of halogens is 1. The first-order chi connectivity index (χ1) is 9.22. The summed E-state index contributed by atoms with van der Waals surface area (Å²) >= 11 is 6.77. The number of aromatic nitrogens is 2. The highest BCUT2D eigenvalue weighted by atomic mass is 79.9. The molecule has 3 heterocycles. The van der Waals surface area contributed by atoms with Crippen LogP contribution in [0.3, 0.4) is 0 Å². The van der Waals surface area contributed by atoms with E-state index >= 15 is 0 Å². The Bertz CT molecular complexity index is 714. The van der Waals surface area contributed by atoms with Gasteiger partial charge in [0.25, 0.3) is 5.56 Å². The van der Waals surface area contributed by atoms with Crippen LogP contribution in [-0.4, -0.2) is 26.1 Å². The second-order valence-corrected chi connectivity index (χ2v) is 7.17. The highest BCUT2D eigenvalue weighted by Gasteiger charge is 2.09. The maximum atomic E-state index is 12.0. The van der Waals surface area contributed by atoms with Crippen molar-refractivity contribution in [1.29, 1.82) is 0 Å². The van der Waals surface area contributed by atoms with E-state index in [0.29, 0.717) is 11.4 Å². The van der Waals surface area contributed by atoms with Gasteiger partial charge in [-0.25, -0.2) is 4.98 Å². The van der Waals surface area contributed by atoms with Crippen LogP contribution in [-0.2, 0) is 5.75 Å². The Balaban J connectivity index is 1.88. The zero-order valence-corrected chi connectivity index (χ0v) is 13.1. The summed E-state index contributed by atoms with van der Waals surface area (Å²) in [7, 11) is 0. The van der Waals surface area contributed by atoms with Crippen molar-refractivity contribution >= 4 is 49.5 Å². The topological polar surface area (TPSA) is 46.7 Å². The highest BCUT2D eigenvalue weighted by molar-refractivity contribution is 9.10. The normalized spacial score (nSPS) is 14.9. The van der Waals surface area contributed by atoms with Crippen LogP contribution < -0.4 is 5.56 Å². The van der Waals surface area contributed by atoms with Crippen molar-refractivity contribution in [3.8, 4) is 0 Å². The fourth-order valence-electron chi connectivity index (χ4n) is 1.74. The maximum Gasteiger partial charge on any atom is 0.258 e. The summed E-state index contributed by atoms with van der Waals surface area (Å²) in [4.78, 5) is 20.9. The third kappa shape index (κ3) is 3.04. The molecule has 0 atom stereocenters. The van der Waals surface area contributed by atoms with E-state index in [1.165, 1.54) is 0 Å². The van der Waals surface area contributed by atoms with Gasteiger partial charge in [-0.15, -0.1) is 0 Å². The van der Waals surface area contributed by atoms with Gasteiger partial charge >= 0.3 is 0 Å². The van der Waals surface area contributed by atoms with E-state index in [4.69, 9.17) is 0 Å². The van der Waals surface area contributed by atoms with E-state index in [0.717, 1.165) is 26.8 Å². The first kappa shape index (κ1) is 13.2. The summed E-state index contributed by atoms with van der Waals surface area (Å²) in [6.45, 7) is 0.898. The van der Waals surface area contributed by atoms with E-state index < -0.39 is 0 Å². The van der Waals surface area contributed by atoms with Crippen molar-refractivity contribution in [2.75, 3.05) is 12.3 Å². The van der Waals surface area contributed by atoms with Crippen LogP contribution in [0.1, 0.15) is 5.69 Å². The Hall–Kier alpha value is -0.790. The summed E-state index contributed by atoms with van der Waals surface area (Å²) < 4.78 is 3.50. The van der Waals surface area contributed by atoms with E-state index in [9.17, 15) is 4.79 Å². The molecule has 3 rings (SSSR count). The molecule has 19 heavy (non-hydrogen) atoms. The quantitative estimate of drug-likeness (QED) is 0.830. The minimum absolute atomic E-state index is 0.0529. The molecule has 0 aliphatic carbocycles. The molecule has 2 aromatic rings. The minimum Gasteiger partial charge on any atom is -0.271 e. The highest BCUT2D eigenvalue weighted by Crippen LogP contribution is 2.24. The van der Waals surface area contributed by atoms with E-state index in [-0.39, 0.29) is 5.56 Å². The van der Waals surface area contributed by atoms with Crippen LogP contribution in [0.4, 0.5) is 0 Å². The lowest BCUT2D eigenvalue weighted by Gasteiger charge is -2.04. The van der Waals surface area contributed by atoms with Crippen LogP contribution in [0, 0.1) is 0 Å². The molecule has 0 spiro atoms. The third-order valence-electron chi connectivity index (χ3n) is 2.58. The largest absolute Gasteiger partial charge is 0.271 e. The number of hydrogen-bond acceptors (Lipinski definition) is 5. The molecule has 0 aromatic carbocycles. The third-order valence-corrected chi connectivity index (χ3v) is 5.33. The number of rotatable bonds is 2. The van der Waals surface area contributed by atoms with Gasteiger partial charge in [-0.3, -0.25) is 14.2 Å². The molecular formula is C12H10BrN3OS2. The standard InChI is InChI=1S/C12H10BrN3OS2/c13-8-1-2-10-15-9(5-11(17)16(10)6-8)7-19-12-14-3-4-18-12/h1-2,5-6H,3-4,7H2. The van der Waals surface area contributed by atoms with Crippen molar-refractivity contribution in [3.05, 3.63) is 44.9 Å². The van der Waals surface area contributed by atoms with Gasteiger partial charge in [0.15, 0.2) is 0 Å². The Morgan fingerprint density at radius 2 is 2.37 bits per heavy atom. The van der Waals surface area contributed by atoms with Crippen molar-refractivity contribution in [2.24, 2.45) is 4.99 Å². The van der Waals surface area contributed by atoms with Gasteiger partial charge in [0.2, 0.25) is 0 Å². The molecule has 2 aromatic heterocycles. The van der Waals surface area contributed by atoms with Crippen LogP contribution >= 0.6 is 39.5 Å². The van der Waals surface area contributed by atoms with Crippen molar-refractivity contribution < 1.29 is 0 Å². The molecule has 7 heteroatoms. The zero-order valence-electron chi connectivity index (χ0n) is 9.88. The molecule has 1 aliphatic heterocycles. The Morgan fingerprint density at radius 1 is 1.47 bits per heavy atom. The molecule has 98 valence electrons. The molecule has 0 N–H and O–H groups in total. The molecule has 0 saturated heterocycles. The minimum atomic E-state index is -0.0529. The molecule has 4 nitrogen and oxygen atoms in total. The molecule has 0 bridgehead atoms. The van der Waals surface area contributed by atoms with E-state index in [1.807, 2.05) is 12.1 Å². The predicted octanol–water partition coefficient (Wildman–Crippen LogP) is 2.79. The second kappa shape index (κ2) is 5.68. The smallest absolute Gasteiger partial charge is 0.258 e. The molecular weight excluding hydrogens is 346 g/mol. The summed E-state index contributed by atoms with van der Waals surface area (Å²) in [5, 5.41) is 0. The molecule has 0 amide bonds. The van der Waals surface area contributed by atoms with Crippen molar-refractivity contribution in [1.82, 2.24) is 9.38 Å². The van der Waals surface area contributed by atoms with E-state index in [2.05, 4.69) is 25.9 Å². The lowest BCUT2D eigenvalue weighted by atomic mass is 10.4. The van der Waals surface area contributed by atoms with Gasteiger partial charge in [0.05, 0.1) is 12.2 Å². The Kier molecular flexibility index (Phi) is 3.95. The SMILES string of the molecule is O=c1cc(CSC2=NCCS2)nc2ccc(Br)cn12. The van der Waals surface area contributed by atoms with Crippen molar-refractivity contribution in [3.63, 3.8) is 0 Å². The van der Waals surface area contributed by atoms with Crippen LogP contribution in [0.5, 0.6) is 0 Å². The number of fused-ring (bicyclic) bond motifs is 1. The number of aliphatic imine (C=N–C) groups is 1. The Labute approximate surface area is 126 Å². The van der Waals surface area contributed by atoms with E-state index in [1.54, 1.807) is 40.2 Å². The molecule has 0 unspecified atom stereocenters. The van der Waals surface area contributed by atoms with Crippen LogP contribution in [0.25, 0.3) is 5.65 Å². The van der Waals surface area contributed by atoms with Gasteiger partial charge in [-0.1, -0.05) is 23.5 Å².